The van der Waals surface area contributed by atoms with Gasteiger partial charge in [0.2, 0.25) is 11.9 Å². The SMILES string of the molecule is CNCCOCCNC(=O)CN1CCC(c2cc(OC(C)C)c(Nc3ncc(Cl)c(Nc4ccccc4S(=O)(=O)C(C)C)n3)cc2C)CC1. The molecule has 1 aliphatic rings. The number of anilines is 4. The second-order valence-electron chi connectivity index (χ2n) is 12.7. The summed E-state index contributed by atoms with van der Waals surface area (Å²) < 4.78 is 37.8. The Kier molecular flexibility index (Phi) is 14.0. The molecule has 14 heteroatoms. The van der Waals surface area contributed by atoms with Gasteiger partial charge in [-0.15, -0.1) is 0 Å². The summed E-state index contributed by atoms with van der Waals surface area (Å²) in [6.45, 7) is 13.8. The fraction of sp³-hybridized carbons (Fsp3) is 0.514. The van der Waals surface area contributed by atoms with Gasteiger partial charge in [-0.25, -0.2) is 13.4 Å². The first-order valence-corrected chi connectivity index (χ1v) is 18.7. The summed E-state index contributed by atoms with van der Waals surface area (Å²) in [6.07, 6.45) is 3.25. The van der Waals surface area contributed by atoms with Gasteiger partial charge in [0.1, 0.15) is 10.8 Å². The van der Waals surface area contributed by atoms with Gasteiger partial charge in [0.15, 0.2) is 15.7 Å². The Balaban J connectivity index is 1.45. The molecule has 0 atom stereocenters. The molecule has 4 N–H and O–H groups in total. The zero-order valence-corrected chi connectivity index (χ0v) is 30.9. The van der Waals surface area contributed by atoms with Crippen LogP contribution in [0, 0.1) is 6.92 Å². The molecule has 3 aromatic rings. The first-order valence-electron chi connectivity index (χ1n) is 16.8. The van der Waals surface area contributed by atoms with Crippen molar-refractivity contribution in [3.8, 4) is 5.75 Å². The molecule has 2 heterocycles. The number of aromatic nitrogens is 2. The van der Waals surface area contributed by atoms with Crippen LogP contribution in [-0.4, -0.2) is 93.5 Å². The summed E-state index contributed by atoms with van der Waals surface area (Å²) in [5, 5.41) is 12.0. The van der Waals surface area contributed by atoms with Crippen molar-refractivity contribution in [3.63, 3.8) is 0 Å². The number of sulfone groups is 1. The molecule has 12 nitrogen and oxygen atoms in total. The Morgan fingerprint density at radius 3 is 2.45 bits per heavy atom. The van der Waals surface area contributed by atoms with Gasteiger partial charge < -0.3 is 30.7 Å². The van der Waals surface area contributed by atoms with E-state index in [1.54, 1.807) is 38.1 Å². The Labute approximate surface area is 295 Å². The average Bonchev–Trinajstić information content (AvgIpc) is 3.06. The zero-order chi connectivity index (χ0) is 35.6. The van der Waals surface area contributed by atoms with Crippen LogP contribution in [0.5, 0.6) is 5.75 Å². The van der Waals surface area contributed by atoms with Crippen LogP contribution in [-0.2, 0) is 19.4 Å². The van der Waals surface area contributed by atoms with Crippen LogP contribution in [0.15, 0.2) is 47.5 Å². The highest BCUT2D eigenvalue weighted by molar-refractivity contribution is 7.92. The summed E-state index contributed by atoms with van der Waals surface area (Å²) in [4.78, 5) is 23.8. The number of nitrogens with one attached hydrogen (secondary N) is 4. The molecule has 0 aliphatic carbocycles. The predicted octanol–water partition coefficient (Wildman–Crippen LogP) is 5.43. The third kappa shape index (κ3) is 10.7. The number of para-hydroxylation sites is 1. The highest BCUT2D eigenvalue weighted by Gasteiger charge is 2.26. The summed E-state index contributed by atoms with van der Waals surface area (Å²) in [6, 6.07) is 10.8. The number of nitrogens with zero attached hydrogens (tertiary/aromatic N) is 3. The molecule has 49 heavy (non-hydrogen) atoms. The lowest BCUT2D eigenvalue weighted by Crippen LogP contribution is -2.42. The lowest BCUT2D eigenvalue weighted by molar-refractivity contribution is -0.122. The molecule has 0 spiro atoms. The normalized spacial score (nSPS) is 14.3. The van der Waals surface area contributed by atoms with Crippen LogP contribution >= 0.6 is 11.6 Å². The molecule has 268 valence electrons. The number of carbonyl (C=O) groups excluding carboxylic acids is 1. The molecule has 1 saturated heterocycles. The van der Waals surface area contributed by atoms with E-state index in [9.17, 15) is 13.2 Å². The van der Waals surface area contributed by atoms with Crippen LogP contribution in [0.3, 0.4) is 0 Å². The summed E-state index contributed by atoms with van der Waals surface area (Å²) in [7, 11) is -1.68. The van der Waals surface area contributed by atoms with Crippen LogP contribution in [0.1, 0.15) is 57.6 Å². The van der Waals surface area contributed by atoms with Crippen molar-refractivity contribution in [1.82, 2.24) is 25.5 Å². The van der Waals surface area contributed by atoms with Gasteiger partial charge in [0.25, 0.3) is 0 Å². The molecule has 0 unspecified atom stereocenters. The number of ether oxygens (including phenoxy) is 2. The molecule has 2 aromatic carbocycles. The van der Waals surface area contributed by atoms with E-state index in [1.165, 1.54) is 11.8 Å². The van der Waals surface area contributed by atoms with E-state index in [4.69, 9.17) is 21.1 Å². The third-order valence-corrected chi connectivity index (χ3v) is 10.7. The van der Waals surface area contributed by atoms with Crippen molar-refractivity contribution in [2.24, 2.45) is 0 Å². The van der Waals surface area contributed by atoms with Crippen molar-refractivity contribution in [1.29, 1.82) is 0 Å². The standard InChI is InChI=1S/C35H50ClN7O5S/c1-23(2)48-31-20-27(26-11-15-43(16-12-26)22-33(44)38-14-18-47-17-13-37-6)25(5)19-30(31)41-35-39-21-28(36)34(42-35)40-29-9-7-8-10-32(29)49(45,46)24(3)4/h7-10,19-21,23-24,26,37H,11-18,22H2,1-6H3,(H,38,44)(H2,39,40,41,42). The second kappa shape index (κ2) is 18.0. The van der Waals surface area contributed by atoms with Gasteiger partial charge in [-0.05, 0) is 109 Å². The number of carbonyl (C=O) groups is 1. The highest BCUT2D eigenvalue weighted by atomic mass is 35.5. The number of hydrogen-bond donors (Lipinski definition) is 4. The van der Waals surface area contributed by atoms with E-state index in [0.717, 1.165) is 38.0 Å². The monoisotopic (exact) mass is 715 g/mol. The molecular formula is C35H50ClN7O5S. The Hall–Kier alpha value is -3.49. The minimum atomic E-state index is -3.56. The number of piperidine rings is 1. The quantitative estimate of drug-likeness (QED) is 0.133. The molecule has 1 aromatic heterocycles. The van der Waals surface area contributed by atoms with Crippen molar-refractivity contribution in [2.45, 2.75) is 69.6 Å². The number of aryl methyl sites for hydroxylation is 1. The van der Waals surface area contributed by atoms with Crippen molar-refractivity contribution >= 4 is 50.5 Å². The first-order chi connectivity index (χ1) is 23.4. The fourth-order valence-corrected chi connectivity index (χ4v) is 6.97. The van der Waals surface area contributed by atoms with E-state index in [1.807, 2.05) is 27.0 Å². The fourth-order valence-electron chi connectivity index (χ4n) is 5.63. The topological polar surface area (TPSA) is 147 Å². The molecule has 1 fully saturated rings. The van der Waals surface area contributed by atoms with Crippen molar-refractivity contribution < 1.29 is 22.7 Å². The predicted molar refractivity (Wildman–Crippen MR) is 195 cm³/mol. The largest absolute Gasteiger partial charge is 0.489 e. The minimum absolute atomic E-state index is 0.0162. The van der Waals surface area contributed by atoms with E-state index in [2.05, 4.69) is 49.1 Å². The maximum absolute atomic E-state index is 13.0. The summed E-state index contributed by atoms with van der Waals surface area (Å²) in [5.41, 5.74) is 3.40. The molecule has 0 radical (unpaired) electrons. The molecule has 0 bridgehead atoms. The van der Waals surface area contributed by atoms with Gasteiger partial charge in [-0.1, -0.05) is 23.7 Å². The first kappa shape index (κ1) is 38.3. The van der Waals surface area contributed by atoms with Crippen molar-refractivity contribution in [2.75, 3.05) is 63.6 Å². The van der Waals surface area contributed by atoms with E-state index in [-0.39, 0.29) is 33.7 Å². The molecule has 0 saturated carbocycles. The maximum atomic E-state index is 13.0. The number of likely N-dealkylation sites (N-methyl/N-ethyl adjacent to an activating group) is 1. The number of benzene rings is 2. The molecular weight excluding hydrogens is 666 g/mol. The van der Waals surface area contributed by atoms with Crippen LogP contribution in [0.4, 0.5) is 23.1 Å². The van der Waals surface area contributed by atoms with Crippen molar-refractivity contribution in [3.05, 3.63) is 58.7 Å². The van der Waals surface area contributed by atoms with Gasteiger partial charge in [0.05, 0.1) is 53.6 Å². The smallest absolute Gasteiger partial charge is 0.234 e. The van der Waals surface area contributed by atoms with E-state index >= 15 is 0 Å². The average molecular weight is 716 g/mol. The lowest BCUT2D eigenvalue weighted by atomic mass is 9.86. The highest BCUT2D eigenvalue weighted by Crippen LogP contribution is 2.38. The van der Waals surface area contributed by atoms with Gasteiger partial charge in [-0.2, -0.15) is 4.98 Å². The summed E-state index contributed by atoms with van der Waals surface area (Å²) >= 11 is 6.47. The Morgan fingerprint density at radius 1 is 1.04 bits per heavy atom. The Bertz CT molecular complexity index is 1660. The lowest BCUT2D eigenvalue weighted by Gasteiger charge is -2.32. The number of rotatable bonds is 17. The van der Waals surface area contributed by atoms with E-state index in [0.29, 0.717) is 49.3 Å². The second-order valence-corrected chi connectivity index (χ2v) is 15.6. The van der Waals surface area contributed by atoms with Crippen LogP contribution < -0.4 is 26.0 Å². The zero-order valence-electron chi connectivity index (χ0n) is 29.3. The number of hydrogen-bond acceptors (Lipinski definition) is 11. The Morgan fingerprint density at radius 2 is 1.76 bits per heavy atom. The van der Waals surface area contributed by atoms with E-state index < -0.39 is 15.1 Å². The minimum Gasteiger partial charge on any atom is -0.489 e. The number of halogens is 1. The number of likely N-dealkylation sites (tertiary alicyclic amines) is 1. The van der Waals surface area contributed by atoms with Crippen LogP contribution in [0.2, 0.25) is 5.02 Å². The van der Waals surface area contributed by atoms with Gasteiger partial charge in [0, 0.05) is 13.1 Å². The molecule has 4 rings (SSSR count). The molecule has 1 amide bonds. The van der Waals surface area contributed by atoms with Gasteiger partial charge >= 0.3 is 0 Å². The maximum Gasteiger partial charge on any atom is 0.234 e. The number of amides is 1. The molecule has 1 aliphatic heterocycles. The van der Waals surface area contributed by atoms with Crippen LogP contribution in [0.25, 0.3) is 0 Å². The third-order valence-electron chi connectivity index (χ3n) is 8.25. The van der Waals surface area contributed by atoms with Gasteiger partial charge in [-0.3, -0.25) is 9.69 Å². The summed E-state index contributed by atoms with van der Waals surface area (Å²) in [5.74, 6) is 1.56.